The standard InChI is InChI=1S/C34H42N2O4/c1-3-4-5-6-8-12-25(2)33(38)35-30-16-11-15-29(24-30)28-20-17-27(18-21-28)23-31(34(39)40)36-32(37)22-19-26-13-9-7-10-14-26/h7,9-11,13-18,20-21,24-25,31H,3-6,8,12,19,22-23H2,1-2H3,(H,35,38)(H,36,37)(H,39,40). The topological polar surface area (TPSA) is 95.5 Å². The quantitative estimate of drug-likeness (QED) is 0.169. The number of carboxylic acid groups (broad SMARTS) is 1. The molecule has 0 spiro atoms. The summed E-state index contributed by atoms with van der Waals surface area (Å²) in [6, 6.07) is 24.0. The second kappa shape index (κ2) is 16.2. The van der Waals surface area contributed by atoms with Crippen LogP contribution in [0.15, 0.2) is 78.9 Å². The van der Waals surface area contributed by atoms with Crippen molar-refractivity contribution in [2.75, 3.05) is 5.32 Å². The van der Waals surface area contributed by atoms with E-state index in [1.807, 2.05) is 85.8 Å². The van der Waals surface area contributed by atoms with E-state index in [2.05, 4.69) is 17.6 Å². The van der Waals surface area contributed by atoms with E-state index in [0.717, 1.165) is 40.8 Å². The maximum atomic E-state index is 12.7. The molecule has 0 aliphatic carbocycles. The third-order valence-corrected chi connectivity index (χ3v) is 7.16. The minimum atomic E-state index is -1.06. The van der Waals surface area contributed by atoms with E-state index in [-0.39, 0.29) is 30.6 Å². The van der Waals surface area contributed by atoms with Gasteiger partial charge in [0.05, 0.1) is 0 Å². The zero-order chi connectivity index (χ0) is 28.7. The Morgan fingerprint density at radius 1 is 0.800 bits per heavy atom. The normalized spacial score (nSPS) is 12.3. The molecule has 0 saturated carbocycles. The average Bonchev–Trinajstić information content (AvgIpc) is 2.96. The first-order valence-electron chi connectivity index (χ1n) is 14.4. The summed E-state index contributed by atoms with van der Waals surface area (Å²) in [6.45, 7) is 4.18. The first-order chi connectivity index (χ1) is 19.4. The van der Waals surface area contributed by atoms with Gasteiger partial charge >= 0.3 is 5.97 Å². The molecule has 40 heavy (non-hydrogen) atoms. The number of aryl methyl sites for hydroxylation is 1. The minimum absolute atomic E-state index is 0.0357. The van der Waals surface area contributed by atoms with Crippen LogP contribution in [0.2, 0.25) is 0 Å². The van der Waals surface area contributed by atoms with E-state index >= 15 is 0 Å². The summed E-state index contributed by atoms with van der Waals surface area (Å²) >= 11 is 0. The van der Waals surface area contributed by atoms with Crippen molar-refractivity contribution in [3.63, 3.8) is 0 Å². The number of hydrogen-bond acceptors (Lipinski definition) is 3. The summed E-state index contributed by atoms with van der Waals surface area (Å²) in [5.74, 6) is -1.34. The highest BCUT2D eigenvalue weighted by molar-refractivity contribution is 5.93. The van der Waals surface area contributed by atoms with Gasteiger partial charge in [-0.05, 0) is 47.2 Å². The molecule has 3 aromatic rings. The fourth-order valence-electron chi connectivity index (χ4n) is 4.67. The van der Waals surface area contributed by atoms with E-state index in [9.17, 15) is 19.5 Å². The number of unbranched alkanes of at least 4 members (excludes halogenated alkanes) is 4. The van der Waals surface area contributed by atoms with Crippen molar-refractivity contribution in [1.82, 2.24) is 5.32 Å². The molecular weight excluding hydrogens is 500 g/mol. The molecule has 0 radical (unpaired) electrons. The van der Waals surface area contributed by atoms with Crippen LogP contribution in [0.1, 0.15) is 69.9 Å². The highest BCUT2D eigenvalue weighted by atomic mass is 16.4. The molecule has 0 bridgehead atoms. The Morgan fingerprint density at radius 3 is 2.23 bits per heavy atom. The molecule has 0 saturated heterocycles. The van der Waals surface area contributed by atoms with Crippen LogP contribution in [-0.2, 0) is 27.2 Å². The van der Waals surface area contributed by atoms with Gasteiger partial charge in [-0.15, -0.1) is 0 Å². The van der Waals surface area contributed by atoms with Crippen LogP contribution in [-0.4, -0.2) is 28.9 Å². The van der Waals surface area contributed by atoms with Crippen molar-refractivity contribution >= 4 is 23.5 Å². The molecule has 3 aromatic carbocycles. The number of benzene rings is 3. The van der Waals surface area contributed by atoms with Crippen LogP contribution < -0.4 is 10.6 Å². The predicted molar refractivity (Wildman–Crippen MR) is 161 cm³/mol. The van der Waals surface area contributed by atoms with E-state index in [4.69, 9.17) is 0 Å². The molecule has 0 aliphatic rings. The van der Waals surface area contributed by atoms with Gasteiger partial charge in [-0.25, -0.2) is 4.79 Å². The number of rotatable bonds is 16. The Labute approximate surface area is 238 Å². The predicted octanol–water partition coefficient (Wildman–Crippen LogP) is 7.03. The van der Waals surface area contributed by atoms with Gasteiger partial charge in [-0.1, -0.05) is 113 Å². The Bertz CT molecular complexity index is 1220. The number of nitrogens with one attached hydrogen (secondary N) is 2. The first-order valence-corrected chi connectivity index (χ1v) is 14.4. The Balaban J connectivity index is 1.53. The van der Waals surface area contributed by atoms with Gasteiger partial charge in [-0.2, -0.15) is 0 Å². The van der Waals surface area contributed by atoms with Crippen LogP contribution >= 0.6 is 0 Å². The van der Waals surface area contributed by atoms with E-state index in [1.165, 1.54) is 25.7 Å². The molecule has 212 valence electrons. The lowest BCUT2D eigenvalue weighted by atomic mass is 9.99. The van der Waals surface area contributed by atoms with Crippen LogP contribution in [0.4, 0.5) is 5.69 Å². The molecule has 3 N–H and O–H groups in total. The van der Waals surface area contributed by atoms with Crippen molar-refractivity contribution in [1.29, 1.82) is 0 Å². The third-order valence-electron chi connectivity index (χ3n) is 7.16. The number of aliphatic carboxylic acids is 1. The number of carbonyl (C=O) groups excluding carboxylic acids is 2. The molecule has 6 heteroatoms. The molecule has 0 aliphatic heterocycles. The van der Waals surface area contributed by atoms with Gasteiger partial charge in [0.25, 0.3) is 0 Å². The maximum Gasteiger partial charge on any atom is 0.326 e. The van der Waals surface area contributed by atoms with Gasteiger partial charge in [0.1, 0.15) is 6.04 Å². The fourth-order valence-corrected chi connectivity index (χ4v) is 4.67. The maximum absolute atomic E-state index is 12.7. The highest BCUT2D eigenvalue weighted by Crippen LogP contribution is 2.24. The second-order valence-corrected chi connectivity index (χ2v) is 10.5. The number of carboxylic acids is 1. The number of anilines is 1. The van der Waals surface area contributed by atoms with Gasteiger partial charge in [-0.3, -0.25) is 9.59 Å². The zero-order valence-corrected chi connectivity index (χ0v) is 23.7. The number of hydrogen-bond donors (Lipinski definition) is 3. The molecule has 3 rings (SSSR count). The molecule has 0 heterocycles. The summed E-state index contributed by atoms with van der Waals surface area (Å²) in [4.78, 5) is 36.9. The SMILES string of the molecule is CCCCCCCC(C)C(=O)Nc1cccc(-c2ccc(CC(NC(=O)CCc3ccccc3)C(=O)O)cc2)c1. The number of amides is 2. The van der Waals surface area contributed by atoms with Crippen molar-refractivity contribution in [3.8, 4) is 11.1 Å². The lowest BCUT2D eigenvalue weighted by molar-refractivity contribution is -0.141. The molecule has 0 aromatic heterocycles. The third kappa shape index (κ3) is 10.3. The van der Waals surface area contributed by atoms with Crippen molar-refractivity contribution in [2.24, 2.45) is 5.92 Å². The van der Waals surface area contributed by atoms with Crippen LogP contribution in [0.3, 0.4) is 0 Å². The largest absolute Gasteiger partial charge is 0.480 e. The molecule has 2 amide bonds. The Morgan fingerprint density at radius 2 is 1.52 bits per heavy atom. The van der Waals surface area contributed by atoms with Gasteiger partial charge in [0.2, 0.25) is 11.8 Å². The van der Waals surface area contributed by atoms with Gasteiger partial charge in [0.15, 0.2) is 0 Å². The smallest absolute Gasteiger partial charge is 0.326 e. The zero-order valence-electron chi connectivity index (χ0n) is 23.7. The summed E-state index contributed by atoms with van der Waals surface area (Å²) in [7, 11) is 0. The lowest BCUT2D eigenvalue weighted by Gasteiger charge is -2.15. The number of carbonyl (C=O) groups is 3. The minimum Gasteiger partial charge on any atom is -0.480 e. The van der Waals surface area contributed by atoms with Crippen LogP contribution in [0, 0.1) is 5.92 Å². The van der Waals surface area contributed by atoms with Crippen LogP contribution in [0.5, 0.6) is 0 Å². The van der Waals surface area contributed by atoms with E-state index in [0.29, 0.717) is 6.42 Å². The van der Waals surface area contributed by atoms with Crippen LogP contribution in [0.25, 0.3) is 11.1 Å². The summed E-state index contributed by atoms with van der Waals surface area (Å²) < 4.78 is 0. The highest BCUT2D eigenvalue weighted by Gasteiger charge is 2.20. The summed E-state index contributed by atoms with van der Waals surface area (Å²) in [5, 5.41) is 15.4. The summed E-state index contributed by atoms with van der Waals surface area (Å²) in [6.07, 6.45) is 7.81. The summed E-state index contributed by atoms with van der Waals surface area (Å²) in [5.41, 5.74) is 4.53. The van der Waals surface area contributed by atoms with E-state index < -0.39 is 12.0 Å². The second-order valence-electron chi connectivity index (χ2n) is 10.5. The fraction of sp³-hybridized carbons (Fsp3) is 0.382. The van der Waals surface area contributed by atoms with Crippen molar-refractivity contribution < 1.29 is 19.5 Å². The lowest BCUT2D eigenvalue weighted by Crippen LogP contribution is -2.42. The van der Waals surface area contributed by atoms with Crippen molar-refractivity contribution in [2.45, 2.75) is 77.7 Å². The van der Waals surface area contributed by atoms with Gasteiger partial charge in [0, 0.05) is 24.4 Å². The molecule has 2 unspecified atom stereocenters. The monoisotopic (exact) mass is 542 g/mol. The molecular formula is C34H42N2O4. The Kier molecular flexibility index (Phi) is 12.4. The van der Waals surface area contributed by atoms with Crippen molar-refractivity contribution in [3.05, 3.63) is 90.0 Å². The Hall–Kier alpha value is -3.93. The van der Waals surface area contributed by atoms with E-state index in [1.54, 1.807) is 0 Å². The molecule has 6 nitrogen and oxygen atoms in total. The molecule has 2 atom stereocenters. The average molecular weight is 543 g/mol. The first kappa shape index (κ1) is 30.6. The van der Waals surface area contributed by atoms with Gasteiger partial charge < -0.3 is 15.7 Å². The molecule has 0 fully saturated rings.